The molecule has 0 unspecified atom stereocenters. The van der Waals surface area contributed by atoms with Crippen LogP contribution in [0.4, 0.5) is 0 Å². The number of sulfonamides is 1. The fraction of sp³-hybridized carbons (Fsp3) is 0.409. The van der Waals surface area contributed by atoms with Gasteiger partial charge in [0.15, 0.2) is 0 Å². The molecular weight excluding hydrogens is 388 g/mol. The fourth-order valence-electron chi connectivity index (χ4n) is 3.23. The molecule has 7 heteroatoms. The van der Waals surface area contributed by atoms with Crippen LogP contribution in [0.25, 0.3) is 0 Å². The molecule has 2 aromatic carbocycles. The normalized spacial score (nSPS) is 14.7. The SMILES string of the molecule is CCc1ccc(OCCC(=O)NCc2ccc(S(=O)(=O)N3CCCC3)cc2)cc1. The highest BCUT2D eigenvalue weighted by atomic mass is 32.2. The van der Waals surface area contributed by atoms with Crippen LogP contribution in [-0.4, -0.2) is 38.3 Å². The molecule has 2 aromatic rings. The number of ether oxygens (including phenoxy) is 1. The third-order valence-corrected chi connectivity index (χ3v) is 6.96. The van der Waals surface area contributed by atoms with Gasteiger partial charge in [-0.25, -0.2) is 8.42 Å². The number of carbonyl (C=O) groups is 1. The van der Waals surface area contributed by atoms with Crippen molar-refractivity contribution >= 4 is 15.9 Å². The van der Waals surface area contributed by atoms with Gasteiger partial charge < -0.3 is 10.1 Å². The van der Waals surface area contributed by atoms with Crippen LogP contribution in [0.1, 0.15) is 37.3 Å². The van der Waals surface area contributed by atoms with E-state index in [1.54, 1.807) is 24.3 Å². The molecule has 1 aliphatic heterocycles. The van der Waals surface area contributed by atoms with E-state index >= 15 is 0 Å². The number of aryl methyl sites for hydroxylation is 1. The Morgan fingerprint density at radius 2 is 1.62 bits per heavy atom. The molecule has 1 amide bonds. The van der Waals surface area contributed by atoms with Crippen LogP contribution in [0.2, 0.25) is 0 Å². The van der Waals surface area contributed by atoms with Crippen molar-refractivity contribution in [2.75, 3.05) is 19.7 Å². The zero-order chi connectivity index (χ0) is 20.7. The van der Waals surface area contributed by atoms with Crippen LogP contribution in [0.3, 0.4) is 0 Å². The molecule has 0 atom stereocenters. The number of benzene rings is 2. The van der Waals surface area contributed by atoms with Gasteiger partial charge in [-0.2, -0.15) is 4.31 Å². The first-order valence-corrected chi connectivity index (χ1v) is 11.5. The molecule has 1 fully saturated rings. The van der Waals surface area contributed by atoms with E-state index in [0.29, 0.717) is 31.1 Å². The highest BCUT2D eigenvalue weighted by Gasteiger charge is 2.26. The highest BCUT2D eigenvalue weighted by molar-refractivity contribution is 7.89. The summed E-state index contributed by atoms with van der Waals surface area (Å²) in [5, 5.41) is 2.84. The van der Waals surface area contributed by atoms with Crippen molar-refractivity contribution in [3.05, 3.63) is 59.7 Å². The minimum atomic E-state index is -3.40. The Kier molecular flexibility index (Phi) is 7.28. The molecule has 0 aromatic heterocycles. The van der Waals surface area contributed by atoms with Crippen molar-refractivity contribution in [1.29, 1.82) is 0 Å². The van der Waals surface area contributed by atoms with E-state index in [0.717, 1.165) is 30.6 Å². The van der Waals surface area contributed by atoms with Crippen LogP contribution in [-0.2, 0) is 27.8 Å². The topological polar surface area (TPSA) is 75.7 Å². The van der Waals surface area contributed by atoms with Gasteiger partial charge in [0.05, 0.1) is 17.9 Å². The number of rotatable bonds is 9. The van der Waals surface area contributed by atoms with Crippen molar-refractivity contribution in [2.24, 2.45) is 0 Å². The first-order valence-electron chi connectivity index (χ1n) is 10.1. The summed E-state index contributed by atoms with van der Waals surface area (Å²) in [6, 6.07) is 14.6. The van der Waals surface area contributed by atoms with E-state index in [2.05, 4.69) is 12.2 Å². The van der Waals surface area contributed by atoms with E-state index in [1.807, 2.05) is 24.3 Å². The third kappa shape index (κ3) is 5.81. The second-order valence-corrected chi connectivity index (χ2v) is 9.07. The average molecular weight is 417 g/mol. The third-order valence-electron chi connectivity index (χ3n) is 5.05. The minimum absolute atomic E-state index is 0.107. The van der Waals surface area contributed by atoms with Crippen molar-refractivity contribution in [3.8, 4) is 5.75 Å². The van der Waals surface area contributed by atoms with Gasteiger partial charge in [0.2, 0.25) is 15.9 Å². The lowest BCUT2D eigenvalue weighted by Crippen LogP contribution is -2.28. The van der Waals surface area contributed by atoms with Gasteiger partial charge in [-0.1, -0.05) is 31.2 Å². The molecule has 1 N–H and O–H groups in total. The summed E-state index contributed by atoms with van der Waals surface area (Å²) in [6.07, 6.45) is 3.07. The Morgan fingerprint density at radius 1 is 1.00 bits per heavy atom. The Hall–Kier alpha value is -2.38. The van der Waals surface area contributed by atoms with Crippen molar-refractivity contribution in [3.63, 3.8) is 0 Å². The van der Waals surface area contributed by atoms with Crippen molar-refractivity contribution < 1.29 is 17.9 Å². The fourth-order valence-corrected chi connectivity index (χ4v) is 4.75. The van der Waals surface area contributed by atoms with Crippen LogP contribution < -0.4 is 10.1 Å². The number of hydrogen-bond donors (Lipinski definition) is 1. The molecular formula is C22H28N2O4S. The molecule has 1 heterocycles. The summed E-state index contributed by atoms with van der Waals surface area (Å²) in [5.74, 6) is 0.647. The lowest BCUT2D eigenvalue weighted by Gasteiger charge is -2.15. The van der Waals surface area contributed by atoms with E-state index in [4.69, 9.17) is 4.74 Å². The van der Waals surface area contributed by atoms with Gasteiger partial charge in [0, 0.05) is 19.6 Å². The zero-order valence-electron chi connectivity index (χ0n) is 16.8. The number of nitrogens with one attached hydrogen (secondary N) is 1. The molecule has 29 heavy (non-hydrogen) atoms. The summed E-state index contributed by atoms with van der Waals surface area (Å²) in [5.41, 5.74) is 2.10. The van der Waals surface area contributed by atoms with Crippen LogP contribution in [0, 0.1) is 0 Å². The summed E-state index contributed by atoms with van der Waals surface area (Å²) in [6.45, 7) is 3.94. The standard InChI is InChI=1S/C22H28N2O4S/c1-2-18-5-9-20(10-6-18)28-16-13-22(25)23-17-19-7-11-21(12-8-19)29(26,27)24-14-3-4-15-24/h5-12H,2-4,13-17H2,1H3,(H,23,25). The lowest BCUT2D eigenvalue weighted by molar-refractivity contribution is -0.121. The molecule has 3 rings (SSSR count). The first kappa shape index (κ1) is 21.3. The predicted octanol–water partition coefficient (Wildman–Crippen LogP) is 3.12. The molecule has 0 aliphatic carbocycles. The van der Waals surface area contributed by atoms with Crippen LogP contribution in [0.15, 0.2) is 53.4 Å². The second kappa shape index (κ2) is 9.89. The predicted molar refractivity (Wildman–Crippen MR) is 112 cm³/mol. The minimum Gasteiger partial charge on any atom is -0.493 e. The zero-order valence-corrected chi connectivity index (χ0v) is 17.6. The molecule has 1 saturated heterocycles. The summed E-state index contributed by atoms with van der Waals surface area (Å²) in [7, 11) is -3.40. The summed E-state index contributed by atoms with van der Waals surface area (Å²) in [4.78, 5) is 12.3. The molecule has 0 radical (unpaired) electrons. The Balaban J connectivity index is 1.42. The Morgan fingerprint density at radius 3 is 2.24 bits per heavy atom. The summed E-state index contributed by atoms with van der Waals surface area (Å²) >= 11 is 0. The Bertz CT molecular complexity index is 903. The number of nitrogens with zero attached hydrogens (tertiary/aromatic N) is 1. The molecule has 156 valence electrons. The van der Waals surface area contributed by atoms with E-state index in [-0.39, 0.29) is 12.3 Å². The van der Waals surface area contributed by atoms with Crippen LogP contribution in [0.5, 0.6) is 5.75 Å². The average Bonchev–Trinajstić information content (AvgIpc) is 3.29. The monoisotopic (exact) mass is 416 g/mol. The molecule has 6 nitrogen and oxygen atoms in total. The maximum atomic E-state index is 12.5. The van der Waals surface area contributed by atoms with E-state index < -0.39 is 10.0 Å². The molecule has 0 bridgehead atoms. The largest absolute Gasteiger partial charge is 0.493 e. The molecule has 0 spiro atoms. The summed E-state index contributed by atoms with van der Waals surface area (Å²) < 4.78 is 32.2. The van der Waals surface area contributed by atoms with Gasteiger partial charge in [0.25, 0.3) is 0 Å². The molecule has 0 saturated carbocycles. The quantitative estimate of drug-likeness (QED) is 0.681. The van der Waals surface area contributed by atoms with Crippen molar-refractivity contribution in [2.45, 2.75) is 44.0 Å². The number of amides is 1. The highest BCUT2D eigenvalue weighted by Crippen LogP contribution is 2.21. The smallest absolute Gasteiger partial charge is 0.243 e. The van der Waals surface area contributed by atoms with Crippen molar-refractivity contribution in [1.82, 2.24) is 9.62 Å². The Labute approximate surface area is 172 Å². The van der Waals surface area contributed by atoms with Gasteiger partial charge in [0.1, 0.15) is 5.75 Å². The second-order valence-electron chi connectivity index (χ2n) is 7.13. The van der Waals surface area contributed by atoms with Crippen LogP contribution >= 0.6 is 0 Å². The van der Waals surface area contributed by atoms with Gasteiger partial charge in [-0.3, -0.25) is 4.79 Å². The van der Waals surface area contributed by atoms with Gasteiger partial charge >= 0.3 is 0 Å². The van der Waals surface area contributed by atoms with E-state index in [9.17, 15) is 13.2 Å². The maximum Gasteiger partial charge on any atom is 0.243 e. The van der Waals surface area contributed by atoms with Gasteiger partial charge in [-0.05, 0) is 54.7 Å². The lowest BCUT2D eigenvalue weighted by atomic mass is 10.2. The number of hydrogen-bond acceptors (Lipinski definition) is 4. The number of carbonyl (C=O) groups excluding carboxylic acids is 1. The van der Waals surface area contributed by atoms with Gasteiger partial charge in [-0.15, -0.1) is 0 Å². The van der Waals surface area contributed by atoms with E-state index in [1.165, 1.54) is 9.87 Å². The molecule has 1 aliphatic rings. The first-order chi connectivity index (χ1) is 14.0. The maximum absolute atomic E-state index is 12.5.